The molecule has 0 aliphatic rings. The van der Waals surface area contributed by atoms with Crippen LogP contribution < -0.4 is 9.47 Å². The predicted molar refractivity (Wildman–Crippen MR) is 85.9 cm³/mol. The van der Waals surface area contributed by atoms with Crippen LogP contribution in [0.5, 0.6) is 11.5 Å². The Labute approximate surface area is 128 Å². The van der Waals surface area contributed by atoms with Crippen molar-refractivity contribution in [1.82, 2.24) is 4.57 Å². The molecule has 1 heterocycles. The highest BCUT2D eigenvalue weighted by molar-refractivity contribution is 6.10. The zero-order chi connectivity index (χ0) is 15.7. The summed E-state index contributed by atoms with van der Waals surface area (Å²) in [5.74, 6) is 1.11. The summed E-state index contributed by atoms with van der Waals surface area (Å²) in [6, 6.07) is 15.0. The van der Waals surface area contributed by atoms with Crippen LogP contribution in [0.3, 0.4) is 0 Å². The molecule has 0 saturated heterocycles. The van der Waals surface area contributed by atoms with Crippen LogP contribution in [0.2, 0.25) is 0 Å². The molecular weight excluding hydrogens is 278 g/mol. The van der Waals surface area contributed by atoms with Crippen LogP contribution in [0, 0.1) is 0 Å². The number of hydrogen-bond acceptors (Lipinski definition) is 3. The number of methoxy groups -OCH3 is 2. The summed E-state index contributed by atoms with van der Waals surface area (Å²) in [7, 11) is 5.03. The molecular formula is C18H17NO3. The molecule has 1 aromatic heterocycles. The summed E-state index contributed by atoms with van der Waals surface area (Å²) in [6.07, 6.45) is 0. The standard InChI is InChI=1S/C18H17NO3/c1-19-14-7-5-4-6-12(14)10-15(19)18(20)13-8-9-16(21-2)17(11-13)22-3/h4-11H,1-3H3. The summed E-state index contributed by atoms with van der Waals surface area (Å²) in [4.78, 5) is 12.8. The second-order valence-corrected chi connectivity index (χ2v) is 5.05. The molecule has 0 atom stereocenters. The van der Waals surface area contributed by atoms with Gasteiger partial charge < -0.3 is 14.0 Å². The largest absolute Gasteiger partial charge is 0.493 e. The minimum atomic E-state index is -0.0420. The molecule has 0 amide bonds. The Balaban J connectivity index is 2.08. The molecule has 3 rings (SSSR count). The van der Waals surface area contributed by atoms with E-state index in [0.29, 0.717) is 22.8 Å². The molecule has 112 valence electrons. The third-order valence-corrected chi connectivity index (χ3v) is 3.83. The van der Waals surface area contributed by atoms with E-state index in [2.05, 4.69) is 0 Å². The number of carbonyl (C=O) groups is 1. The average Bonchev–Trinajstić information content (AvgIpc) is 2.91. The molecule has 22 heavy (non-hydrogen) atoms. The Kier molecular flexibility index (Phi) is 3.59. The molecule has 2 aromatic carbocycles. The molecule has 0 aliphatic carbocycles. The third-order valence-electron chi connectivity index (χ3n) is 3.83. The van der Waals surface area contributed by atoms with Crippen molar-refractivity contribution >= 4 is 16.7 Å². The first-order valence-electron chi connectivity index (χ1n) is 6.97. The topological polar surface area (TPSA) is 40.5 Å². The smallest absolute Gasteiger partial charge is 0.209 e. The van der Waals surface area contributed by atoms with Gasteiger partial charge in [-0.3, -0.25) is 4.79 Å². The highest BCUT2D eigenvalue weighted by Crippen LogP contribution is 2.29. The van der Waals surface area contributed by atoms with Crippen LogP contribution in [-0.2, 0) is 7.05 Å². The number of nitrogens with zero attached hydrogens (tertiary/aromatic N) is 1. The highest BCUT2D eigenvalue weighted by atomic mass is 16.5. The van der Waals surface area contributed by atoms with E-state index >= 15 is 0 Å². The van der Waals surface area contributed by atoms with Crippen LogP contribution in [0.15, 0.2) is 48.5 Å². The summed E-state index contributed by atoms with van der Waals surface area (Å²) in [5.41, 5.74) is 2.25. The zero-order valence-corrected chi connectivity index (χ0v) is 12.8. The molecule has 0 aliphatic heterocycles. The molecule has 0 spiro atoms. The van der Waals surface area contributed by atoms with Gasteiger partial charge in [-0.15, -0.1) is 0 Å². The second-order valence-electron chi connectivity index (χ2n) is 5.05. The normalized spacial score (nSPS) is 10.7. The van der Waals surface area contributed by atoms with Crippen molar-refractivity contribution in [3.63, 3.8) is 0 Å². The maximum atomic E-state index is 12.8. The zero-order valence-electron chi connectivity index (χ0n) is 12.8. The van der Waals surface area contributed by atoms with Crippen molar-refractivity contribution < 1.29 is 14.3 Å². The Morgan fingerprint density at radius 3 is 2.36 bits per heavy atom. The fraction of sp³-hybridized carbons (Fsp3) is 0.167. The van der Waals surface area contributed by atoms with Crippen LogP contribution in [0.1, 0.15) is 16.1 Å². The van der Waals surface area contributed by atoms with Crippen molar-refractivity contribution in [3.05, 3.63) is 59.8 Å². The van der Waals surface area contributed by atoms with Gasteiger partial charge in [-0.25, -0.2) is 0 Å². The van der Waals surface area contributed by atoms with Gasteiger partial charge in [0.05, 0.1) is 19.9 Å². The number of fused-ring (bicyclic) bond motifs is 1. The Bertz CT molecular complexity index is 849. The fourth-order valence-electron chi connectivity index (χ4n) is 2.63. The lowest BCUT2D eigenvalue weighted by Gasteiger charge is -2.09. The Morgan fingerprint density at radius 2 is 1.68 bits per heavy atom. The van der Waals surface area contributed by atoms with E-state index in [-0.39, 0.29) is 5.78 Å². The summed E-state index contributed by atoms with van der Waals surface area (Å²) < 4.78 is 12.4. The van der Waals surface area contributed by atoms with Crippen LogP contribution in [0.25, 0.3) is 10.9 Å². The van der Waals surface area contributed by atoms with Gasteiger partial charge in [-0.1, -0.05) is 18.2 Å². The van der Waals surface area contributed by atoms with Gasteiger partial charge in [-0.05, 0) is 30.3 Å². The number of hydrogen-bond donors (Lipinski definition) is 0. The SMILES string of the molecule is COc1ccc(C(=O)c2cc3ccccc3n2C)cc1OC. The van der Waals surface area contributed by atoms with Gasteiger partial charge in [0.15, 0.2) is 11.5 Å². The maximum absolute atomic E-state index is 12.8. The monoisotopic (exact) mass is 295 g/mol. The molecule has 4 heteroatoms. The van der Waals surface area contributed by atoms with Crippen LogP contribution >= 0.6 is 0 Å². The molecule has 0 unspecified atom stereocenters. The molecule has 0 radical (unpaired) electrons. The van der Waals surface area contributed by atoms with E-state index in [1.54, 1.807) is 32.4 Å². The number of aryl methyl sites for hydroxylation is 1. The second kappa shape index (κ2) is 5.56. The number of ether oxygens (including phenoxy) is 2. The van der Waals surface area contributed by atoms with Crippen molar-refractivity contribution in [2.45, 2.75) is 0 Å². The van der Waals surface area contributed by atoms with Crippen LogP contribution in [0.4, 0.5) is 0 Å². The minimum Gasteiger partial charge on any atom is -0.493 e. The third kappa shape index (κ3) is 2.22. The van der Waals surface area contributed by atoms with Crippen molar-refractivity contribution in [1.29, 1.82) is 0 Å². The van der Waals surface area contributed by atoms with Crippen molar-refractivity contribution in [2.75, 3.05) is 14.2 Å². The minimum absolute atomic E-state index is 0.0420. The van der Waals surface area contributed by atoms with E-state index in [4.69, 9.17) is 9.47 Å². The lowest BCUT2D eigenvalue weighted by atomic mass is 10.1. The van der Waals surface area contributed by atoms with E-state index in [9.17, 15) is 4.79 Å². The highest BCUT2D eigenvalue weighted by Gasteiger charge is 2.17. The number of aromatic nitrogens is 1. The van der Waals surface area contributed by atoms with Gasteiger partial charge in [0.1, 0.15) is 0 Å². The van der Waals surface area contributed by atoms with E-state index in [0.717, 1.165) is 10.9 Å². The molecule has 4 nitrogen and oxygen atoms in total. The summed E-state index contributed by atoms with van der Waals surface area (Å²) >= 11 is 0. The number of para-hydroxylation sites is 1. The quantitative estimate of drug-likeness (QED) is 0.692. The first-order chi connectivity index (χ1) is 10.7. The molecule has 0 saturated carbocycles. The average molecular weight is 295 g/mol. The molecule has 0 N–H and O–H groups in total. The molecule has 0 fully saturated rings. The number of benzene rings is 2. The number of rotatable bonds is 4. The van der Waals surface area contributed by atoms with Crippen molar-refractivity contribution in [2.24, 2.45) is 7.05 Å². The molecule has 0 bridgehead atoms. The fourth-order valence-corrected chi connectivity index (χ4v) is 2.63. The Morgan fingerprint density at radius 1 is 0.955 bits per heavy atom. The van der Waals surface area contributed by atoms with Crippen LogP contribution in [-0.4, -0.2) is 24.6 Å². The van der Waals surface area contributed by atoms with E-state index in [1.807, 2.05) is 41.9 Å². The van der Waals surface area contributed by atoms with Gasteiger partial charge in [0.2, 0.25) is 5.78 Å². The predicted octanol–water partition coefficient (Wildman–Crippen LogP) is 3.43. The summed E-state index contributed by atoms with van der Waals surface area (Å²) in [5, 5.41) is 1.05. The summed E-state index contributed by atoms with van der Waals surface area (Å²) in [6.45, 7) is 0. The first-order valence-corrected chi connectivity index (χ1v) is 6.97. The lowest BCUT2D eigenvalue weighted by Crippen LogP contribution is -2.07. The lowest BCUT2D eigenvalue weighted by molar-refractivity contribution is 0.103. The maximum Gasteiger partial charge on any atom is 0.209 e. The Hall–Kier alpha value is -2.75. The van der Waals surface area contributed by atoms with Gasteiger partial charge >= 0.3 is 0 Å². The van der Waals surface area contributed by atoms with Gasteiger partial charge in [-0.2, -0.15) is 0 Å². The van der Waals surface area contributed by atoms with E-state index in [1.165, 1.54) is 0 Å². The number of carbonyl (C=O) groups excluding carboxylic acids is 1. The van der Waals surface area contributed by atoms with Gasteiger partial charge in [0.25, 0.3) is 0 Å². The van der Waals surface area contributed by atoms with Crippen molar-refractivity contribution in [3.8, 4) is 11.5 Å². The van der Waals surface area contributed by atoms with E-state index < -0.39 is 0 Å². The van der Waals surface area contributed by atoms with Gasteiger partial charge in [0, 0.05) is 23.5 Å². The molecule has 3 aromatic rings. The first kappa shape index (κ1) is 14.2. The number of ketones is 1.